The van der Waals surface area contributed by atoms with Gasteiger partial charge in [0.2, 0.25) is 10.0 Å². The summed E-state index contributed by atoms with van der Waals surface area (Å²) in [5.41, 5.74) is 2.77. The predicted molar refractivity (Wildman–Crippen MR) is 126 cm³/mol. The van der Waals surface area contributed by atoms with Gasteiger partial charge in [0, 0.05) is 31.2 Å². The number of amides is 1. The number of hydrogen-bond donors (Lipinski definition) is 2. The number of amidine groups is 1. The van der Waals surface area contributed by atoms with E-state index in [4.69, 9.17) is 4.99 Å². The van der Waals surface area contributed by atoms with E-state index in [2.05, 4.69) is 22.8 Å². The Hall–Kier alpha value is -1.93. The second-order valence-corrected chi connectivity index (χ2v) is 11.8. The van der Waals surface area contributed by atoms with E-state index < -0.39 is 15.6 Å². The second kappa shape index (κ2) is 8.78. The Morgan fingerprint density at radius 2 is 1.88 bits per heavy atom. The van der Waals surface area contributed by atoms with E-state index in [0.29, 0.717) is 38.3 Å². The Balaban J connectivity index is 1.22. The van der Waals surface area contributed by atoms with Gasteiger partial charge in [0.05, 0.1) is 5.75 Å². The molecule has 0 radical (unpaired) electrons. The number of nitrogens with zero attached hydrogens (tertiary/aromatic N) is 2. The summed E-state index contributed by atoms with van der Waals surface area (Å²) in [6.45, 7) is 1.71. The largest absolute Gasteiger partial charge is 0.385 e. The molecule has 8 heteroatoms. The van der Waals surface area contributed by atoms with Gasteiger partial charge < -0.3 is 10.6 Å². The number of anilines is 1. The van der Waals surface area contributed by atoms with Crippen LogP contribution in [-0.4, -0.2) is 55.4 Å². The second-order valence-electron chi connectivity index (χ2n) is 9.76. The molecule has 4 aliphatic rings. The van der Waals surface area contributed by atoms with Crippen molar-refractivity contribution < 1.29 is 13.2 Å². The number of nitrogens with one attached hydrogen (secondary N) is 2. The molecular formula is C24H34N4O3S. The Kier molecular flexibility index (Phi) is 6.01. The molecule has 1 saturated heterocycles. The van der Waals surface area contributed by atoms with Crippen LogP contribution in [0.2, 0.25) is 0 Å². The normalized spacial score (nSPS) is 24.0. The molecule has 1 spiro atoms. The summed E-state index contributed by atoms with van der Waals surface area (Å²) in [6, 6.07) is 6.13. The Morgan fingerprint density at radius 1 is 1.09 bits per heavy atom. The summed E-state index contributed by atoms with van der Waals surface area (Å²) in [5, 5.41) is 6.46. The lowest BCUT2D eigenvalue weighted by Gasteiger charge is -2.34. The summed E-state index contributed by atoms with van der Waals surface area (Å²) < 4.78 is 27.8. The zero-order valence-electron chi connectivity index (χ0n) is 18.7. The van der Waals surface area contributed by atoms with Crippen LogP contribution in [0.4, 0.5) is 5.69 Å². The third kappa shape index (κ3) is 4.19. The smallest absolute Gasteiger partial charge is 0.253 e. The van der Waals surface area contributed by atoms with Crippen LogP contribution in [0.25, 0.3) is 0 Å². The van der Waals surface area contributed by atoms with Crippen molar-refractivity contribution in [1.82, 2.24) is 9.62 Å². The minimum Gasteiger partial charge on any atom is -0.385 e. The third-order valence-corrected chi connectivity index (χ3v) is 9.63. The van der Waals surface area contributed by atoms with Gasteiger partial charge in [-0.25, -0.2) is 12.7 Å². The Morgan fingerprint density at radius 3 is 2.66 bits per heavy atom. The molecule has 1 aromatic rings. The minimum absolute atomic E-state index is 0.0291. The minimum atomic E-state index is -3.37. The molecule has 2 N–H and O–H groups in total. The van der Waals surface area contributed by atoms with Crippen molar-refractivity contribution in [2.24, 2.45) is 10.9 Å². The zero-order valence-corrected chi connectivity index (χ0v) is 19.6. The van der Waals surface area contributed by atoms with Gasteiger partial charge in [0.1, 0.15) is 11.4 Å². The number of carbonyl (C=O) groups is 1. The van der Waals surface area contributed by atoms with Gasteiger partial charge in [-0.05, 0) is 62.1 Å². The Labute approximate surface area is 191 Å². The van der Waals surface area contributed by atoms with Crippen molar-refractivity contribution in [2.75, 3.05) is 30.7 Å². The maximum absolute atomic E-state index is 13.1. The first kappa shape index (κ1) is 21.9. The molecule has 1 aromatic carbocycles. The molecule has 1 saturated carbocycles. The van der Waals surface area contributed by atoms with Crippen LogP contribution in [-0.2, 0) is 27.7 Å². The summed E-state index contributed by atoms with van der Waals surface area (Å²) in [5.74, 6) is 1.30. The van der Waals surface area contributed by atoms with Crippen molar-refractivity contribution in [3.05, 3.63) is 29.3 Å². The number of fused-ring (bicyclic) bond motifs is 1. The van der Waals surface area contributed by atoms with Gasteiger partial charge >= 0.3 is 0 Å². The summed E-state index contributed by atoms with van der Waals surface area (Å²) >= 11 is 0. The molecule has 0 aromatic heterocycles. The fourth-order valence-corrected chi connectivity index (χ4v) is 7.25. The van der Waals surface area contributed by atoms with Crippen molar-refractivity contribution >= 4 is 27.5 Å². The van der Waals surface area contributed by atoms with E-state index in [1.54, 1.807) is 4.31 Å². The van der Waals surface area contributed by atoms with Gasteiger partial charge in [-0.3, -0.25) is 9.79 Å². The summed E-state index contributed by atoms with van der Waals surface area (Å²) in [4.78, 5) is 17.7. The van der Waals surface area contributed by atoms with Gasteiger partial charge in [0.25, 0.3) is 5.91 Å². The van der Waals surface area contributed by atoms with E-state index in [9.17, 15) is 13.2 Å². The van der Waals surface area contributed by atoms with Crippen LogP contribution in [0.5, 0.6) is 0 Å². The van der Waals surface area contributed by atoms with Crippen LogP contribution >= 0.6 is 0 Å². The van der Waals surface area contributed by atoms with E-state index in [-0.39, 0.29) is 11.7 Å². The van der Waals surface area contributed by atoms with Crippen LogP contribution in [0.15, 0.2) is 23.2 Å². The molecule has 174 valence electrons. The molecule has 0 bridgehead atoms. The van der Waals surface area contributed by atoms with Crippen LogP contribution in [0.3, 0.4) is 0 Å². The van der Waals surface area contributed by atoms with Crippen LogP contribution < -0.4 is 10.6 Å². The number of carbonyl (C=O) groups excluding carboxylic acids is 1. The molecule has 0 atom stereocenters. The topological polar surface area (TPSA) is 90.9 Å². The Bertz CT molecular complexity index is 1010. The highest BCUT2D eigenvalue weighted by Gasteiger charge is 2.48. The third-order valence-electron chi connectivity index (χ3n) is 7.75. The standard InChI is InChI=1S/C24H34N4O3S/c29-23-24(27-22(26-23)19-6-2-1-3-7-19)12-15-28(16-13-24)32(30,31)17-11-18-8-4-10-21-20(18)9-5-14-25-21/h4,8,10,19,25H,1-3,5-7,9,11-17H2,(H,26,27,29). The van der Waals surface area contributed by atoms with Crippen molar-refractivity contribution in [3.63, 3.8) is 0 Å². The highest BCUT2D eigenvalue weighted by atomic mass is 32.2. The SMILES string of the molecule is O=C1NC(C2CCCCC2)=NC12CCN(S(=O)(=O)CCc1cccc3c1CCCN3)CC2. The first-order valence-electron chi connectivity index (χ1n) is 12.2. The number of sulfonamides is 1. The van der Waals surface area contributed by atoms with Gasteiger partial charge in [-0.2, -0.15) is 0 Å². The van der Waals surface area contributed by atoms with Gasteiger partial charge in [-0.15, -0.1) is 0 Å². The lowest BCUT2D eigenvalue weighted by atomic mass is 9.88. The van der Waals surface area contributed by atoms with E-state index >= 15 is 0 Å². The molecule has 1 aliphatic carbocycles. The average Bonchev–Trinajstić information content (AvgIpc) is 3.14. The lowest BCUT2D eigenvalue weighted by Crippen LogP contribution is -2.51. The molecule has 7 nitrogen and oxygen atoms in total. The summed E-state index contributed by atoms with van der Waals surface area (Å²) in [7, 11) is -3.37. The van der Waals surface area contributed by atoms with Crippen molar-refractivity contribution in [3.8, 4) is 0 Å². The quantitative estimate of drug-likeness (QED) is 0.710. The fourth-order valence-electron chi connectivity index (χ4n) is 5.77. The van der Waals surface area contributed by atoms with Gasteiger partial charge in [-0.1, -0.05) is 31.4 Å². The molecule has 3 heterocycles. The molecule has 3 aliphatic heterocycles. The molecule has 2 fully saturated rings. The first-order chi connectivity index (χ1) is 15.5. The molecule has 32 heavy (non-hydrogen) atoms. The van der Waals surface area contributed by atoms with Crippen molar-refractivity contribution in [1.29, 1.82) is 0 Å². The maximum atomic E-state index is 13.1. The number of aliphatic imine (C=N–C) groups is 1. The van der Waals surface area contributed by atoms with Crippen LogP contribution in [0.1, 0.15) is 62.5 Å². The van der Waals surface area contributed by atoms with Crippen LogP contribution in [0, 0.1) is 5.92 Å². The van der Waals surface area contributed by atoms with Crippen molar-refractivity contribution in [2.45, 2.75) is 69.7 Å². The monoisotopic (exact) mass is 458 g/mol. The molecular weight excluding hydrogens is 424 g/mol. The number of piperidine rings is 1. The number of rotatable bonds is 5. The lowest BCUT2D eigenvalue weighted by molar-refractivity contribution is -0.125. The fraction of sp³-hybridized carbons (Fsp3) is 0.667. The molecule has 0 unspecified atom stereocenters. The number of hydrogen-bond acceptors (Lipinski definition) is 5. The maximum Gasteiger partial charge on any atom is 0.253 e. The highest BCUT2D eigenvalue weighted by molar-refractivity contribution is 7.89. The van der Waals surface area contributed by atoms with E-state index in [1.807, 2.05) is 6.07 Å². The summed E-state index contributed by atoms with van der Waals surface area (Å²) in [6.07, 6.45) is 9.38. The van der Waals surface area contributed by atoms with E-state index in [1.165, 1.54) is 24.8 Å². The first-order valence-corrected chi connectivity index (χ1v) is 13.8. The van der Waals surface area contributed by atoms with Gasteiger partial charge in [0.15, 0.2) is 0 Å². The molecule has 1 amide bonds. The number of benzene rings is 1. The van der Waals surface area contributed by atoms with E-state index in [0.717, 1.165) is 49.3 Å². The predicted octanol–water partition coefficient (Wildman–Crippen LogP) is 2.86. The zero-order chi connectivity index (χ0) is 22.2. The molecule has 5 rings (SSSR count). The average molecular weight is 459 g/mol. The number of aryl methyl sites for hydroxylation is 1. The highest BCUT2D eigenvalue weighted by Crippen LogP contribution is 2.35.